The number of alkyl halides is 3. The number of thiophene rings is 1. The van der Waals surface area contributed by atoms with E-state index in [4.69, 9.17) is 4.74 Å². The molecular formula is C19H21F3N2O2S. The van der Waals surface area contributed by atoms with Crippen LogP contribution in [-0.4, -0.2) is 50.7 Å². The molecule has 2 aromatic rings. The van der Waals surface area contributed by atoms with Gasteiger partial charge in [0.2, 0.25) is 0 Å². The molecule has 4 nitrogen and oxygen atoms in total. The largest absolute Gasteiger partial charge is 0.469 e. The van der Waals surface area contributed by atoms with E-state index in [1.54, 1.807) is 6.07 Å². The highest BCUT2D eigenvalue weighted by atomic mass is 32.1. The number of carbonyl (C=O) groups excluding carboxylic acids is 1. The van der Waals surface area contributed by atoms with E-state index >= 15 is 0 Å². The first-order valence-corrected chi connectivity index (χ1v) is 9.88. The fraction of sp³-hybridized carbons (Fsp3) is 0.526. The summed E-state index contributed by atoms with van der Waals surface area (Å²) in [6.45, 7) is 4.36. The Morgan fingerprint density at radius 2 is 2.00 bits per heavy atom. The molecule has 1 saturated carbocycles. The average Bonchev–Trinajstić information content (AvgIpc) is 3.28. The number of anilines is 1. The number of ether oxygens (including phenoxy) is 1. The van der Waals surface area contributed by atoms with Gasteiger partial charge in [-0.15, -0.1) is 11.3 Å². The molecule has 0 amide bonds. The molecule has 2 atom stereocenters. The molecule has 4 rings (SSSR count). The number of halogens is 3. The van der Waals surface area contributed by atoms with E-state index in [9.17, 15) is 18.0 Å². The van der Waals surface area contributed by atoms with E-state index in [2.05, 4.69) is 9.80 Å². The van der Waals surface area contributed by atoms with Crippen LogP contribution in [0.4, 0.5) is 18.9 Å². The second kappa shape index (κ2) is 6.98. The van der Waals surface area contributed by atoms with Crippen LogP contribution in [0.3, 0.4) is 0 Å². The van der Waals surface area contributed by atoms with Gasteiger partial charge in [0.15, 0.2) is 0 Å². The van der Waals surface area contributed by atoms with E-state index in [1.807, 2.05) is 5.38 Å². The number of hydrogen-bond acceptors (Lipinski definition) is 5. The van der Waals surface area contributed by atoms with Gasteiger partial charge < -0.3 is 9.64 Å². The zero-order valence-corrected chi connectivity index (χ0v) is 15.8. The summed E-state index contributed by atoms with van der Waals surface area (Å²) in [6.07, 6.45) is -3.40. The molecule has 1 aromatic carbocycles. The third kappa shape index (κ3) is 3.78. The zero-order chi connectivity index (χ0) is 19.2. The van der Waals surface area contributed by atoms with Crippen molar-refractivity contribution in [1.29, 1.82) is 0 Å². The lowest BCUT2D eigenvalue weighted by atomic mass is 10.1. The number of hydrogen-bond donors (Lipinski definition) is 0. The zero-order valence-electron chi connectivity index (χ0n) is 15.0. The van der Waals surface area contributed by atoms with Crippen LogP contribution in [0.15, 0.2) is 23.6 Å². The van der Waals surface area contributed by atoms with Gasteiger partial charge in [-0.25, -0.2) is 0 Å². The smallest absolute Gasteiger partial charge is 0.416 e. The Morgan fingerprint density at radius 3 is 2.67 bits per heavy atom. The van der Waals surface area contributed by atoms with Crippen molar-refractivity contribution in [1.82, 2.24) is 4.90 Å². The number of benzene rings is 1. The molecule has 27 heavy (non-hydrogen) atoms. The minimum Gasteiger partial charge on any atom is -0.469 e. The number of rotatable bonds is 4. The maximum absolute atomic E-state index is 12.9. The molecule has 8 heteroatoms. The highest BCUT2D eigenvalue weighted by Crippen LogP contribution is 2.41. The van der Waals surface area contributed by atoms with Crippen molar-refractivity contribution < 1.29 is 22.7 Å². The summed E-state index contributed by atoms with van der Waals surface area (Å²) in [7, 11) is 1.43. The number of methoxy groups -OCH3 is 1. The van der Waals surface area contributed by atoms with Crippen LogP contribution in [0, 0.1) is 11.8 Å². The molecule has 0 spiro atoms. The van der Waals surface area contributed by atoms with E-state index < -0.39 is 11.7 Å². The summed E-state index contributed by atoms with van der Waals surface area (Å²) in [5.74, 6) is 0.338. The predicted molar refractivity (Wildman–Crippen MR) is 99.1 cm³/mol. The molecule has 0 N–H and O–H groups in total. The summed E-state index contributed by atoms with van der Waals surface area (Å²) in [6, 6.07) is 3.98. The lowest BCUT2D eigenvalue weighted by Crippen LogP contribution is -2.47. The number of fused-ring (bicyclic) bond motifs is 1. The van der Waals surface area contributed by atoms with Crippen molar-refractivity contribution >= 4 is 33.1 Å². The minimum absolute atomic E-state index is 0.0525. The van der Waals surface area contributed by atoms with Crippen LogP contribution < -0.4 is 4.90 Å². The maximum Gasteiger partial charge on any atom is 0.416 e. The molecule has 0 radical (unpaired) electrons. The van der Waals surface area contributed by atoms with Crippen LogP contribution in [0.25, 0.3) is 10.1 Å². The molecule has 2 fully saturated rings. The van der Waals surface area contributed by atoms with Crippen LogP contribution in [-0.2, 0) is 15.7 Å². The Bertz CT molecular complexity index is 843. The normalized spacial score (nSPS) is 23.6. The SMILES string of the molecule is COC(=O)[C@H]1C[C@@H]1CN1CCN(c2csc3cc(C(F)(F)F)ccc23)CC1. The first kappa shape index (κ1) is 18.6. The fourth-order valence-electron chi connectivity index (χ4n) is 3.83. The highest BCUT2D eigenvalue weighted by molar-refractivity contribution is 7.17. The third-order valence-electron chi connectivity index (χ3n) is 5.51. The molecule has 2 aliphatic rings. The monoisotopic (exact) mass is 398 g/mol. The molecule has 1 aliphatic heterocycles. The van der Waals surface area contributed by atoms with Crippen molar-refractivity contribution in [3.05, 3.63) is 29.1 Å². The van der Waals surface area contributed by atoms with Crippen molar-refractivity contribution in [3.8, 4) is 0 Å². The van der Waals surface area contributed by atoms with Crippen LogP contribution in [0.1, 0.15) is 12.0 Å². The second-order valence-electron chi connectivity index (χ2n) is 7.24. The quantitative estimate of drug-likeness (QED) is 0.733. The molecule has 1 aliphatic carbocycles. The number of piperazine rings is 1. The van der Waals surface area contributed by atoms with Crippen molar-refractivity contribution in [2.45, 2.75) is 12.6 Å². The maximum atomic E-state index is 12.9. The Balaban J connectivity index is 1.38. The summed E-state index contributed by atoms with van der Waals surface area (Å²) in [5, 5.41) is 2.84. The van der Waals surface area contributed by atoms with Crippen molar-refractivity contribution in [2.75, 3.05) is 44.7 Å². The number of carbonyl (C=O) groups is 1. The third-order valence-corrected chi connectivity index (χ3v) is 6.45. The van der Waals surface area contributed by atoms with Gasteiger partial charge in [-0.1, -0.05) is 6.07 Å². The lowest BCUT2D eigenvalue weighted by Gasteiger charge is -2.36. The summed E-state index contributed by atoms with van der Waals surface area (Å²) >= 11 is 1.36. The van der Waals surface area contributed by atoms with E-state index in [-0.39, 0.29) is 11.9 Å². The van der Waals surface area contributed by atoms with Gasteiger partial charge in [0, 0.05) is 48.2 Å². The molecule has 2 heterocycles. The van der Waals surface area contributed by atoms with E-state index in [1.165, 1.54) is 24.5 Å². The topological polar surface area (TPSA) is 32.8 Å². The first-order valence-electron chi connectivity index (χ1n) is 9.00. The van der Waals surface area contributed by atoms with Gasteiger partial charge in [-0.2, -0.15) is 13.2 Å². The Hall–Kier alpha value is -1.80. The molecule has 1 aromatic heterocycles. The van der Waals surface area contributed by atoms with Gasteiger partial charge in [-0.05, 0) is 24.5 Å². The molecule has 0 unspecified atom stereocenters. The van der Waals surface area contributed by atoms with Gasteiger partial charge in [-0.3, -0.25) is 9.69 Å². The molecule has 0 bridgehead atoms. The summed E-state index contributed by atoms with van der Waals surface area (Å²) < 4.78 is 44.1. The number of nitrogens with zero attached hydrogens (tertiary/aromatic N) is 2. The summed E-state index contributed by atoms with van der Waals surface area (Å²) in [5.41, 5.74) is 0.417. The van der Waals surface area contributed by atoms with Gasteiger partial charge in [0.05, 0.1) is 24.3 Å². The first-order chi connectivity index (χ1) is 12.9. The second-order valence-corrected chi connectivity index (χ2v) is 8.15. The van der Waals surface area contributed by atoms with Crippen LogP contribution in [0.5, 0.6) is 0 Å². The Kier molecular flexibility index (Phi) is 4.80. The highest BCUT2D eigenvalue weighted by Gasteiger charge is 2.44. The Labute approximate surface area is 159 Å². The molecule has 146 valence electrons. The minimum atomic E-state index is -4.31. The predicted octanol–water partition coefficient (Wildman–Crippen LogP) is 3.85. The van der Waals surface area contributed by atoms with Gasteiger partial charge in [0.1, 0.15) is 0 Å². The van der Waals surface area contributed by atoms with Crippen LogP contribution >= 0.6 is 11.3 Å². The van der Waals surface area contributed by atoms with E-state index in [0.717, 1.165) is 56.3 Å². The molecule has 1 saturated heterocycles. The Morgan fingerprint density at radius 1 is 1.26 bits per heavy atom. The molecular weight excluding hydrogens is 377 g/mol. The summed E-state index contributed by atoms with van der Waals surface area (Å²) in [4.78, 5) is 16.1. The average molecular weight is 398 g/mol. The number of esters is 1. The van der Waals surface area contributed by atoms with Crippen molar-refractivity contribution in [2.24, 2.45) is 11.8 Å². The van der Waals surface area contributed by atoms with E-state index in [0.29, 0.717) is 10.6 Å². The fourth-order valence-corrected chi connectivity index (χ4v) is 4.84. The lowest BCUT2D eigenvalue weighted by molar-refractivity contribution is -0.142. The van der Waals surface area contributed by atoms with Gasteiger partial charge in [0.25, 0.3) is 0 Å². The standard InChI is InChI=1S/C19H21F3N2O2S/c1-26-18(25)15-8-12(15)10-23-4-6-24(7-5-23)16-11-27-17-9-13(19(20,21)22)2-3-14(16)17/h2-3,9,11-12,15H,4-8,10H2,1H3/t12-,15+/m1/s1. The van der Waals surface area contributed by atoms with Crippen molar-refractivity contribution in [3.63, 3.8) is 0 Å². The van der Waals surface area contributed by atoms with Crippen LogP contribution in [0.2, 0.25) is 0 Å². The van der Waals surface area contributed by atoms with Gasteiger partial charge >= 0.3 is 12.1 Å².